The Kier molecular flexibility index (Phi) is 3.94. The lowest BCUT2D eigenvalue weighted by Gasteiger charge is -2.14. The van der Waals surface area contributed by atoms with Crippen LogP contribution in [-0.2, 0) is 0 Å². The third-order valence-corrected chi connectivity index (χ3v) is 4.78. The maximum absolute atomic E-state index is 12.6. The molecular weight excluding hydrogens is 409 g/mol. The quantitative estimate of drug-likeness (QED) is 0.427. The summed E-state index contributed by atoms with van der Waals surface area (Å²) in [5.41, 5.74) is 3.98. The van der Waals surface area contributed by atoms with Gasteiger partial charge in [-0.3, -0.25) is 4.79 Å². The SMILES string of the molecule is O=c1[nH]c(-c2ccccc2)c(-c2ccccc2)c2cc(I)ccc12. The van der Waals surface area contributed by atoms with Crippen molar-refractivity contribution in [2.24, 2.45) is 0 Å². The van der Waals surface area contributed by atoms with Gasteiger partial charge in [-0.15, -0.1) is 0 Å². The Labute approximate surface area is 153 Å². The molecule has 24 heavy (non-hydrogen) atoms. The molecule has 0 saturated carbocycles. The largest absolute Gasteiger partial charge is 0.321 e. The van der Waals surface area contributed by atoms with E-state index in [1.165, 1.54) is 0 Å². The van der Waals surface area contributed by atoms with Crippen LogP contribution in [0.25, 0.3) is 33.2 Å². The Hall–Kier alpha value is -2.40. The monoisotopic (exact) mass is 423 g/mol. The normalized spacial score (nSPS) is 10.9. The van der Waals surface area contributed by atoms with Gasteiger partial charge < -0.3 is 4.98 Å². The lowest BCUT2D eigenvalue weighted by atomic mass is 9.94. The van der Waals surface area contributed by atoms with E-state index in [-0.39, 0.29) is 5.56 Å². The molecule has 4 rings (SSSR count). The van der Waals surface area contributed by atoms with Crippen LogP contribution in [0.4, 0.5) is 0 Å². The lowest BCUT2D eigenvalue weighted by Crippen LogP contribution is -2.09. The van der Waals surface area contributed by atoms with Gasteiger partial charge in [0, 0.05) is 14.5 Å². The predicted molar refractivity (Wildman–Crippen MR) is 108 cm³/mol. The molecule has 3 heteroatoms. The molecule has 1 aromatic heterocycles. The molecule has 1 heterocycles. The minimum absolute atomic E-state index is 0.0556. The highest BCUT2D eigenvalue weighted by atomic mass is 127. The van der Waals surface area contributed by atoms with Crippen LogP contribution in [0.15, 0.2) is 83.7 Å². The van der Waals surface area contributed by atoms with Crippen LogP contribution in [0, 0.1) is 3.57 Å². The molecule has 0 aliphatic heterocycles. The summed E-state index contributed by atoms with van der Waals surface area (Å²) in [6.45, 7) is 0. The number of hydrogen-bond donors (Lipinski definition) is 1. The third-order valence-electron chi connectivity index (χ3n) is 4.11. The van der Waals surface area contributed by atoms with E-state index in [0.29, 0.717) is 5.39 Å². The molecule has 0 saturated heterocycles. The van der Waals surface area contributed by atoms with Gasteiger partial charge in [0.1, 0.15) is 0 Å². The first kappa shape index (κ1) is 15.1. The average molecular weight is 423 g/mol. The molecule has 3 aromatic carbocycles. The van der Waals surface area contributed by atoms with Crippen molar-refractivity contribution in [2.75, 3.05) is 0 Å². The van der Waals surface area contributed by atoms with Gasteiger partial charge in [-0.05, 0) is 57.3 Å². The van der Waals surface area contributed by atoms with Gasteiger partial charge in [-0.25, -0.2) is 0 Å². The Balaban J connectivity index is 2.18. The predicted octanol–water partition coefficient (Wildman–Crippen LogP) is 5.47. The number of benzene rings is 3. The van der Waals surface area contributed by atoms with E-state index in [1.807, 2.05) is 60.7 Å². The van der Waals surface area contributed by atoms with Gasteiger partial charge in [-0.1, -0.05) is 60.7 Å². The Bertz CT molecular complexity index is 1070. The van der Waals surface area contributed by atoms with Gasteiger partial charge in [0.05, 0.1) is 5.69 Å². The summed E-state index contributed by atoms with van der Waals surface area (Å²) < 4.78 is 1.11. The highest BCUT2D eigenvalue weighted by Gasteiger charge is 2.14. The number of halogens is 1. The molecule has 116 valence electrons. The molecule has 0 unspecified atom stereocenters. The molecule has 0 spiro atoms. The summed E-state index contributed by atoms with van der Waals surface area (Å²) in [4.78, 5) is 15.7. The van der Waals surface area contributed by atoms with Crippen LogP contribution in [0.1, 0.15) is 0 Å². The zero-order valence-electron chi connectivity index (χ0n) is 12.8. The maximum atomic E-state index is 12.6. The first-order chi connectivity index (χ1) is 11.7. The molecule has 0 fully saturated rings. The first-order valence-corrected chi connectivity index (χ1v) is 8.78. The van der Waals surface area contributed by atoms with Crippen LogP contribution in [-0.4, -0.2) is 4.98 Å². The van der Waals surface area contributed by atoms with E-state index < -0.39 is 0 Å². The Morgan fingerprint density at radius 3 is 2.00 bits per heavy atom. The van der Waals surface area contributed by atoms with Crippen molar-refractivity contribution in [3.8, 4) is 22.4 Å². The molecule has 1 N–H and O–H groups in total. The number of rotatable bonds is 2. The van der Waals surface area contributed by atoms with E-state index >= 15 is 0 Å². The highest BCUT2D eigenvalue weighted by molar-refractivity contribution is 14.1. The van der Waals surface area contributed by atoms with E-state index in [1.54, 1.807) is 0 Å². The first-order valence-electron chi connectivity index (χ1n) is 7.70. The van der Waals surface area contributed by atoms with Gasteiger partial charge in [0.25, 0.3) is 5.56 Å². The fourth-order valence-corrected chi connectivity index (χ4v) is 3.52. The highest BCUT2D eigenvalue weighted by Crippen LogP contribution is 2.35. The van der Waals surface area contributed by atoms with Crippen molar-refractivity contribution >= 4 is 33.4 Å². The number of H-pyrrole nitrogens is 1. The summed E-state index contributed by atoms with van der Waals surface area (Å²) in [5, 5.41) is 1.70. The molecular formula is C21H14INO. The zero-order chi connectivity index (χ0) is 16.5. The summed E-state index contributed by atoms with van der Waals surface area (Å²) in [7, 11) is 0. The third kappa shape index (κ3) is 2.65. The molecule has 0 aliphatic rings. The minimum Gasteiger partial charge on any atom is -0.321 e. The minimum atomic E-state index is -0.0556. The van der Waals surface area contributed by atoms with Crippen molar-refractivity contribution in [2.45, 2.75) is 0 Å². The number of fused-ring (bicyclic) bond motifs is 1. The van der Waals surface area contributed by atoms with Crippen LogP contribution in [0.3, 0.4) is 0 Å². The molecule has 0 aliphatic carbocycles. The summed E-state index contributed by atoms with van der Waals surface area (Å²) in [5.74, 6) is 0. The van der Waals surface area contributed by atoms with E-state index in [9.17, 15) is 4.79 Å². The van der Waals surface area contributed by atoms with Crippen molar-refractivity contribution in [1.82, 2.24) is 4.98 Å². The number of aromatic nitrogens is 1. The maximum Gasteiger partial charge on any atom is 0.256 e. The fraction of sp³-hybridized carbons (Fsp3) is 0. The van der Waals surface area contributed by atoms with Crippen LogP contribution in [0.2, 0.25) is 0 Å². The molecule has 0 amide bonds. The molecule has 0 bridgehead atoms. The van der Waals surface area contributed by atoms with Gasteiger partial charge in [-0.2, -0.15) is 0 Å². The average Bonchev–Trinajstić information content (AvgIpc) is 2.63. The lowest BCUT2D eigenvalue weighted by molar-refractivity contribution is 1.28. The molecule has 0 radical (unpaired) electrons. The van der Waals surface area contributed by atoms with E-state index in [4.69, 9.17) is 0 Å². The summed E-state index contributed by atoms with van der Waals surface area (Å²) >= 11 is 2.29. The number of aromatic amines is 1. The second kappa shape index (κ2) is 6.24. The topological polar surface area (TPSA) is 32.9 Å². The Morgan fingerprint density at radius 2 is 1.33 bits per heavy atom. The number of hydrogen-bond acceptors (Lipinski definition) is 1. The van der Waals surface area contributed by atoms with Crippen LogP contribution in [0.5, 0.6) is 0 Å². The van der Waals surface area contributed by atoms with Crippen LogP contribution >= 0.6 is 22.6 Å². The number of nitrogens with one attached hydrogen (secondary N) is 1. The standard InChI is InChI=1S/C21H14INO/c22-16-11-12-17-18(13-16)19(14-7-3-1-4-8-14)20(23-21(17)24)15-9-5-2-6-10-15/h1-13H,(H,23,24). The van der Waals surface area contributed by atoms with Gasteiger partial charge in [0.15, 0.2) is 0 Å². The van der Waals surface area contributed by atoms with Gasteiger partial charge >= 0.3 is 0 Å². The molecule has 0 atom stereocenters. The van der Waals surface area contributed by atoms with Gasteiger partial charge in [0.2, 0.25) is 0 Å². The zero-order valence-corrected chi connectivity index (χ0v) is 14.9. The number of pyridine rings is 1. The Morgan fingerprint density at radius 1 is 0.708 bits per heavy atom. The fourth-order valence-electron chi connectivity index (χ4n) is 3.03. The van der Waals surface area contributed by atoms with Crippen molar-refractivity contribution in [1.29, 1.82) is 0 Å². The second-order valence-corrected chi connectivity index (χ2v) is 6.87. The van der Waals surface area contributed by atoms with Crippen molar-refractivity contribution in [3.05, 3.63) is 92.8 Å². The van der Waals surface area contributed by atoms with E-state index in [0.717, 1.165) is 31.3 Å². The second-order valence-electron chi connectivity index (χ2n) is 5.63. The van der Waals surface area contributed by atoms with Crippen molar-refractivity contribution < 1.29 is 0 Å². The summed E-state index contributed by atoms with van der Waals surface area (Å²) in [6.07, 6.45) is 0. The van der Waals surface area contributed by atoms with E-state index in [2.05, 4.69) is 45.8 Å². The van der Waals surface area contributed by atoms with Crippen molar-refractivity contribution in [3.63, 3.8) is 0 Å². The molecule has 2 nitrogen and oxygen atoms in total. The van der Waals surface area contributed by atoms with Crippen LogP contribution < -0.4 is 5.56 Å². The molecule has 4 aromatic rings. The smallest absolute Gasteiger partial charge is 0.256 e. The summed E-state index contributed by atoms with van der Waals surface area (Å²) in [6, 6.07) is 26.2.